The molecule has 3 rings (SSSR count). The van der Waals surface area contributed by atoms with Gasteiger partial charge in [0.15, 0.2) is 0 Å². The van der Waals surface area contributed by atoms with Crippen LogP contribution in [0.5, 0.6) is 5.75 Å². The van der Waals surface area contributed by atoms with Crippen molar-refractivity contribution in [3.63, 3.8) is 0 Å². The highest BCUT2D eigenvalue weighted by atomic mass is 32.2. The molecule has 3 aromatic carbocycles. The Hall–Kier alpha value is -2.21. The summed E-state index contributed by atoms with van der Waals surface area (Å²) in [5.41, 5.74) is 4.35. The molecule has 0 aromatic heterocycles. The smallest absolute Gasteiger partial charge is 0.119 e. The summed E-state index contributed by atoms with van der Waals surface area (Å²) in [5.74, 6) is 0.289. The van der Waals surface area contributed by atoms with Crippen LogP contribution in [0.3, 0.4) is 0 Å². The van der Waals surface area contributed by atoms with Gasteiger partial charge in [-0.2, -0.15) is 0 Å². The molecule has 0 fully saturated rings. The van der Waals surface area contributed by atoms with E-state index in [4.69, 9.17) is 9.32 Å². The first kappa shape index (κ1) is 14.7. The third-order valence-corrected chi connectivity index (χ3v) is 3.91. The zero-order chi connectivity index (χ0) is 15.4. The number of aryl methyl sites for hydroxylation is 1. The van der Waals surface area contributed by atoms with Crippen LogP contribution in [0.1, 0.15) is 5.56 Å². The molecular formula is C17H15NO3S. The van der Waals surface area contributed by atoms with Crippen LogP contribution < -0.4 is 5.48 Å². The van der Waals surface area contributed by atoms with E-state index in [1.165, 1.54) is 0 Å². The fourth-order valence-electron chi connectivity index (χ4n) is 2.12. The number of anilines is 1. The Morgan fingerprint density at radius 2 is 1.77 bits per heavy atom. The van der Waals surface area contributed by atoms with Crippen molar-refractivity contribution in [1.82, 2.24) is 0 Å². The van der Waals surface area contributed by atoms with Crippen molar-refractivity contribution in [2.45, 2.75) is 11.8 Å². The van der Waals surface area contributed by atoms with E-state index in [1.54, 1.807) is 6.07 Å². The first-order valence-corrected chi connectivity index (χ1v) is 7.52. The molecule has 4 nitrogen and oxygen atoms in total. The molecule has 0 unspecified atom stereocenters. The highest BCUT2D eigenvalue weighted by molar-refractivity contribution is 7.94. The molecule has 0 bridgehead atoms. The van der Waals surface area contributed by atoms with E-state index in [0.717, 1.165) is 39.0 Å². The lowest BCUT2D eigenvalue weighted by Gasteiger charge is -2.07. The van der Waals surface area contributed by atoms with Crippen molar-refractivity contribution in [2.24, 2.45) is 0 Å². The number of hydrogen-bond acceptors (Lipinski definition) is 5. The van der Waals surface area contributed by atoms with E-state index in [-0.39, 0.29) is 5.75 Å². The van der Waals surface area contributed by atoms with Gasteiger partial charge in [0, 0.05) is 4.90 Å². The average Bonchev–Trinajstić information content (AvgIpc) is 2.56. The highest BCUT2D eigenvalue weighted by Crippen LogP contribution is 2.30. The van der Waals surface area contributed by atoms with Crippen molar-refractivity contribution in [3.05, 3.63) is 66.2 Å². The number of para-hydroxylation sites is 1. The number of rotatable bonds is 5. The summed E-state index contributed by atoms with van der Waals surface area (Å²) in [4.78, 5) is 5.84. The minimum absolute atomic E-state index is 0.289. The number of nitrogens with one attached hydrogen (secondary N) is 1. The van der Waals surface area contributed by atoms with Crippen LogP contribution in [-0.4, -0.2) is 5.11 Å². The van der Waals surface area contributed by atoms with Gasteiger partial charge in [-0.3, -0.25) is 0 Å². The quantitative estimate of drug-likeness (QED) is 0.306. The van der Waals surface area contributed by atoms with Gasteiger partial charge in [-0.25, -0.2) is 5.48 Å². The van der Waals surface area contributed by atoms with Crippen molar-refractivity contribution in [1.29, 1.82) is 0 Å². The van der Waals surface area contributed by atoms with Crippen LogP contribution >= 0.6 is 12.0 Å². The molecule has 2 N–H and O–H groups in total. The summed E-state index contributed by atoms with van der Waals surface area (Å²) in [5, 5.41) is 11.8. The molecule has 0 radical (unpaired) electrons. The molecule has 112 valence electrons. The molecule has 0 aliphatic rings. The second kappa shape index (κ2) is 6.70. The maximum Gasteiger partial charge on any atom is 0.119 e. The first-order chi connectivity index (χ1) is 10.7. The Balaban J connectivity index is 1.63. The largest absolute Gasteiger partial charge is 0.508 e. The summed E-state index contributed by atoms with van der Waals surface area (Å²) in [6, 6.07) is 18.9. The van der Waals surface area contributed by atoms with E-state index in [2.05, 4.69) is 5.48 Å². The number of hydrogen-bond donors (Lipinski definition) is 2. The number of phenolic OH excluding ortho intramolecular Hbond substituents is 1. The highest BCUT2D eigenvalue weighted by Gasteiger charge is 2.05. The third-order valence-electron chi connectivity index (χ3n) is 3.33. The summed E-state index contributed by atoms with van der Waals surface area (Å²) >= 11 is 1.10. The van der Waals surface area contributed by atoms with Gasteiger partial charge in [0.2, 0.25) is 0 Å². The van der Waals surface area contributed by atoms with Gasteiger partial charge in [-0.15, -0.1) is 9.32 Å². The van der Waals surface area contributed by atoms with Crippen molar-refractivity contribution >= 4 is 28.5 Å². The fourth-order valence-corrected chi connectivity index (χ4v) is 2.55. The second-order valence-electron chi connectivity index (χ2n) is 4.80. The van der Waals surface area contributed by atoms with Crippen LogP contribution in [0.15, 0.2) is 65.6 Å². The monoisotopic (exact) mass is 313 g/mol. The fraction of sp³-hybridized carbons (Fsp3) is 0.0588. The van der Waals surface area contributed by atoms with Crippen LogP contribution in [-0.2, 0) is 9.32 Å². The zero-order valence-corrected chi connectivity index (χ0v) is 12.8. The molecule has 0 saturated heterocycles. The lowest BCUT2D eigenvalue weighted by atomic mass is 10.1. The lowest BCUT2D eigenvalue weighted by Crippen LogP contribution is -1.97. The predicted octanol–water partition coefficient (Wildman–Crippen LogP) is 4.84. The second-order valence-corrected chi connectivity index (χ2v) is 5.57. The summed E-state index contributed by atoms with van der Waals surface area (Å²) in [7, 11) is 0. The van der Waals surface area contributed by atoms with Gasteiger partial charge in [0.25, 0.3) is 0 Å². The third kappa shape index (κ3) is 3.33. The summed E-state index contributed by atoms with van der Waals surface area (Å²) in [6.07, 6.45) is 0. The van der Waals surface area contributed by atoms with Crippen LogP contribution in [0.2, 0.25) is 0 Å². The summed E-state index contributed by atoms with van der Waals surface area (Å²) in [6.45, 7) is 1.89. The average molecular weight is 313 g/mol. The van der Waals surface area contributed by atoms with Gasteiger partial charge >= 0.3 is 0 Å². The molecular weight excluding hydrogens is 298 g/mol. The molecule has 0 atom stereocenters. The molecule has 22 heavy (non-hydrogen) atoms. The van der Waals surface area contributed by atoms with Gasteiger partial charge in [-0.1, -0.05) is 30.3 Å². The SMILES string of the molecule is Cc1c(O)ccc2ccc(SOONc3ccccc3)cc12. The molecule has 0 heterocycles. The Morgan fingerprint density at radius 1 is 1.00 bits per heavy atom. The van der Waals surface area contributed by atoms with Crippen LogP contribution in [0.4, 0.5) is 5.69 Å². The minimum Gasteiger partial charge on any atom is -0.508 e. The standard InChI is InChI=1S/C17H15NO3S/c1-12-16-11-15(9-7-13(16)8-10-17(12)19)22-21-20-18-14-5-3-2-4-6-14/h2-11,18-19H,1H3. The molecule has 5 heteroatoms. The van der Waals surface area contributed by atoms with Gasteiger partial charge in [-0.05, 0) is 53.6 Å². The van der Waals surface area contributed by atoms with E-state index in [1.807, 2.05) is 61.5 Å². The van der Waals surface area contributed by atoms with E-state index in [0.29, 0.717) is 0 Å². The van der Waals surface area contributed by atoms with Crippen molar-refractivity contribution in [2.75, 3.05) is 5.48 Å². The summed E-state index contributed by atoms with van der Waals surface area (Å²) < 4.78 is 5.09. The van der Waals surface area contributed by atoms with Gasteiger partial charge in [0.05, 0.1) is 17.7 Å². The molecule has 0 spiro atoms. The van der Waals surface area contributed by atoms with Crippen LogP contribution in [0, 0.1) is 6.92 Å². The maximum atomic E-state index is 9.78. The topological polar surface area (TPSA) is 50.7 Å². The van der Waals surface area contributed by atoms with Crippen molar-refractivity contribution < 1.29 is 14.4 Å². The Morgan fingerprint density at radius 3 is 2.59 bits per heavy atom. The lowest BCUT2D eigenvalue weighted by molar-refractivity contribution is -0.161. The Labute approximate surface area is 132 Å². The number of phenols is 1. The molecule has 0 aliphatic carbocycles. The molecule has 0 amide bonds. The van der Waals surface area contributed by atoms with Gasteiger partial charge in [0.1, 0.15) is 5.75 Å². The molecule has 0 saturated carbocycles. The van der Waals surface area contributed by atoms with E-state index >= 15 is 0 Å². The van der Waals surface area contributed by atoms with Gasteiger partial charge < -0.3 is 5.11 Å². The molecule has 0 aliphatic heterocycles. The Kier molecular flexibility index (Phi) is 4.48. The van der Waals surface area contributed by atoms with E-state index < -0.39 is 0 Å². The van der Waals surface area contributed by atoms with E-state index in [9.17, 15) is 5.11 Å². The number of benzene rings is 3. The Bertz CT molecular complexity index is 777. The number of aromatic hydroxyl groups is 1. The predicted molar refractivity (Wildman–Crippen MR) is 88.4 cm³/mol. The molecule has 3 aromatic rings. The first-order valence-electron chi connectivity index (χ1n) is 6.77. The minimum atomic E-state index is 0.289. The maximum absolute atomic E-state index is 9.78. The normalized spacial score (nSPS) is 10.8. The van der Waals surface area contributed by atoms with Crippen molar-refractivity contribution in [3.8, 4) is 5.75 Å². The zero-order valence-electron chi connectivity index (χ0n) is 11.9. The van der Waals surface area contributed by atoms with Crippen LogP contribution in [0.25, 0.3) is 10.8 Å². The number of fused-ring (bicyclic) bond motifs is 1.